The van der Waals surface area contributed by atoms with Crippen molar-refractivity contribution in [3.63, 3.8) is 0 Å². The van der Waals surface area contributed by atoms with Crippen molar-refractivity contribution >= 4 is 11.6 Å². The lowest BCUT2D eigenvalue weighted by molar-refractivity contribution is -0.116. The van der Waals surface area contributed by atoms with Gasteiger partial charge in [-0.05, 0) is 30.5 Å². The minimum absolute atomic E-state index is 0.0117. The van der Waals surface area contributed by atoms with E-state index >= 15 is 0 Å². The summed E-state index contributed by atoms with van der Waals surface area (Å²) >= 11 is 0. The summed E-state index contributed by atoms with van der Waals surface area (Å²) < 4.78 is 10.8. The number of Topliss-reactive ketones (excluding diaryl/α,β-unsaturated/α-hetero) is 1. The molecule has 3 N–H and O–H groups in total. The standard InChI is InChI=1S/C18H15N3O5/c22-10-3-1-2-9-14(10)13(8-4-5-11-12(6-8)26-7-25-11)15-16(19-9)20-18(24)21-17(15)23/h4-6,13H,1-3,7H2,(H3,19,20,21,23,24)/t13-/m0/s1. The first kappa shape index (κ1) is 15.0. The Morgan fingerprint density at radius 3 is 2.73 bits per heavy atom. The van der Waals surface area contributed by atoms with Crippen LogP contribution in [0.5, 0.6) is 11.5 Å². The molecular weight excluding hydrogens is 338 g/mol. The molecule has 1 aromatic heterocycles. The summed E-state index contributed by atoms with van der Waals surface area (Å²) in [6.07, 6.45) is 1.87. The molecule has 8 heteroatoms. The van der Waals surface area contributed by atoms with Gasteiger partial charge in [0.05, 0.1) is 5.56 Å². The van der Waals surface area contributed by atoms with Crippen LogP contribution in [0.4, 0.5) is 5.82 Å². The summed E-state index contributed by atoms with van der Waals surface area (Å²) in [4.78, 5) is 41.9. The number of carbonyl (C=O) groups excluding carboxylic acids is 1. The second-order valence-electron chi connectivity index (χ2n) is 6.54. The summed E-state index contributed by atoms with van der Waals surface area (Å²) in [7, 11) is 0. The molecule has 0 unspecified atom stereocenters. The highest BCUT2D eigenvalue weighted by atomic mass is 16.7. The Labute approximate surface area is 146 Å². The first-order chi connectivity index (χ1) is 12.6. The maximum Gasteiger partial charge on any atom is 0.327 e. The zero-order valence-electron chi connectivity index (χ0n) is 13.7. The number of hydrogen-bond acceptors (Lipinski definition) is 6. The molecule has 3 heterocycles. The van der Waals surface area contributed by atoms with Gasteiger partial charge in [0.2, 0.25) is 6.79 Å². The molecule has 8 nitrogen and oxygen atoms in total. The molecule has 3 aliphatic rings. The Bertz CT molecular complexity index is 1090. The fourth-order valence-corrected chi connectivity index (χ4v) is 3.92. The number of carbonyl (C=O) groups is 1. The van der Waals surface area contributed by atoms with Crippen molar-refractivity contribution in [1.82, 2.24) is 9.97 Å². The van der Waals surface area contributed by atoms with Gasteiger partial charge in [-0.15, -0.1) is 0 Å². The van der Waals surface area contributed by atoms with E-state index in [1.807, 2.05) is 6.07 Å². The Balaban J connectivity index is 1.78. The monoisotopic (exact) mass is 353 g/mol. The summed E-state index contributed by atoms with van der Waals surface area (Å²) in [5.41, 5.74) is 1.33. The summed E-state index contributed by atoms with van der Waals surface area (Å²) in [5, 5.41) is 3.09. The number of fused-ring (bicyclic) bond motifs is 2. The van der Waals surface area contributed by atoms with Crippen LogP contribution in [0.2, 0.25) is 0 Å². The lowest BCUT2D eigenvalue weighted by atomic mass is 9.76. The Morgan fingerprint density at radius 1 is 1.00 bits per heavy atom. The lowest BCUT2D eigenvalue weighted by Crippen LogP contribution is -2.36. The van der Waals surface area contributed by atoms with E-state index in [4.69, 9.17) is 9.47 Å². The van der Waals surface area contributed by atoms with Crippen LogP contribution >= 0.6 is 0 Å². The van der Waals surface area contributed by atoms with Crippen molar-refractivity contribution in [2.24, 2.45) is 0 Å². The molecular formula is C18H15N3O5. The van der Waals surface area contributed by atoms with E-state index < -0.39 is 17.2 Å². The molecule has 2 aromatic rings. The van der Waals surface area contributed by atoms with Crippen molar-refractivity contribution in [3.05, 3.63) is 61.4 Å². The molecule has 0 radical (unpaired) electrons. The third-order valence-electron chi connectivity index (χ3n) is 5.02. The Morgan fingerprint density at radius 2 is 1.85 bits per heavy atom. The number of ether oxygens (including phenoxy) is 2. The van der Waals surface area contributed by atoms with Crippen molar-refractivity contribution in [2.75, 3.05) is 12.1 Å². The van der Waals surface area contributed by atoms with E-state index in [0.717, 1.165) is 17.7 Å². The summed E-state index contributed by atoms with van der Waals surface area (Å²) in [6.45, 7) is 0.141. The second kappa shape index (κ2) is 5.35. The fourth-order valence-electron chi connectivity index (χ4n) is 3.92. The van der Waals surface area contributed by atoms with Gasteiger partial charge in [-0.1, -0.05) is 6.07 Å². The maximum absolute atomic E-state index is 12.7. The molecule has 2 aliphatic heterocycles. The highest BCUT2D eigenvalue weighted by Gasteiger charge is 2.38. The largest absolute Gasteiger partial charge is 0.454 e. The van der Waals surface area contributed by atoms with Crippen LogP contribution in [0.15, 0.2) is 39.1 Å². The van der Waals surface area contributed by atoms with Crippen molar-refractivity contribution in [2.45, 2.75) is 25.2 Å². The fraction of sp³-hybridized carbons (Fsp3) is 0.278. The summed E-state index contributed by atoms with van der Waals surface area (Å²) in [6, 6.07) is 5.39. The van der Waals surface area contributed by atoms with Crippen LogP contribution in [-0.2, 0) is 4.79 Å². The van der Waals surface area contributed by atoms with Gasteiger partial charge >= 0.3 is 5.69 Å². The second-order valence-corrected chi connectivity index (χ2v) is 6.54. The van der Waals surface area contributed by atoms with Crippen LogP contribution in [0.3, 0.4) is 0 Å². The normalized spacial score (nSPS) is 20.5. The predicted molar refractivity (Wildman–Crippen MR) is 91.6 cm³/mol. The molecule has 1 atom stereocenters. The van der Waals surface area contributed by atoms with Crippen LogP contribution in [0, 0.1) is 0 Å². The van der Waals surface area contributed by atoms with Gasteiger partial charge in [-0.3, -0.25) is 19.6 Å². The number of allylic oxidation sites excluding steroid dienone is 2. The topological polar surface area (TPSA) is 113 Å². The molecule has 0 spiro atoms. The number of aromatic amines is 2. The van der Waals surface area contributed by atoms with Gasteiger partial charge in [-0.25, -0.2) is 4.79 Å². The third kappa shape index (κ3) is 2.11. The zero-order chi connectivity index (χ0) is 17.8. The Hall–Kier alpha value is -3.29. The number of nitrogens with one attached hydrogen (secondary N) is 3. The molecule has 0 bridgehead atoms. The van der Waals surface area contributed by atoms with Gasteiger partial charge < -0.3 is 14.8 Å². The summed E-state index contributed by atoms with van der Waals surface area (Å²) in [5.74, 6) is 0.994. The predicted octanol–water partition coefficient (Wildman–Crippen LogP) is 1.36. The minimum atomic E-state index is -0.586. The first-order valence-electron chi connectivity index (χ1n) is 8.41. The first-order valence-corrected chi connectivity index (χ1v) is 8.41. The number of benzene rings is 1. The van der Waals surface area contributed by atoms with Crippen molar-refractivity contribution < 1.29 is 14.3 Å². The average Bonchev–Trinajstić information content (AvgIpc) is 3.07. The maximum atomic E-state index is 12.7. The quantitative estimate of drug-likeness (QED) is 0.713. The Kier molecular flexibility index (Phi) is 3.09. The van der Waals surface area contributed by atoms with Gasteiger partial charge in [0.25, 0.3) is 5.56 Å². The molecule has 0 saturated heterocycles. The number of H-pyrrole nitrogens is 2. The smallest absolute Gasteiger partial charge is 0.327 e. The SMILES string of the molecule is O=C1CCCC2=C1[C@H](c1ccc3c(c1)OCO3)c1c([nH]c(=O)[nH]c1=O)N2. The molecule has 0 amide bonds. The van der Waals surface area contributed by atoms with Crippen LogP contribution in [-0.4, -0.2) is 22.5 Å². The van der Waals surface area contributed by atoms with E-state index in [1.54, 1.807) is 12.1 Å². The molecule has 0 saturated carbocycles. The van der Waals surface area contributed by atoms with Gasteiger partial charge in [-0.2, -0.15) is 0 Å². The molecule has 5 rings (SSSR count). The van der Waals surface area contributed by atoms with Crippen molar-refractivity contribution in [3.8, 4) is 11.5 Å². The van der Waals surface area contributed by atoms with Crippen LogP contribution in [0.1, 0.15) is 36.3 Å². The number of hydrogen-bond donors (Lipinski definition) is 3. The highest BCUT2D eigenvalue weighted by molar-refractivity contribution is 6.00. The van der Waals surface area contributed by atoms with E-state index in [9.17, 15) is 14.4 Å². The number of rotatable bonds is 1. The molecule has 1 aliphatic carbocycles. The van der Waals surface area contributed by atoms with E-state index in [0.29, 0.717) is 41.3 Å². The lowest BCUT2D eigenvalue weighted by Gasteiger charge is -2.32. The van der Waals surface area contributed by atoms with Gasteiger partial charge in [0.15, 0.2) is 17.3 Å². The molecule has 0 fully saturated rings. The molecule has 132 valence electrons. The third-order valence-corrected chi connectivity index (χ3v) is 5.02. The zero-order valence-corrected chi connectivity index (χ0v) is 13.7. The number of anilines is 1. The average molecular weight is 353 g/mol. The van der Waals surface area contributed by atoms with Crippen molar-refractivity contribution in [1.29, 1.82) is 0 Å². The van der Waals surface area contributed by atoms with E-state index in [-0.39, 0.29) is 12.6 Å². The van der Waals surface area contributed by atoms with Gasteiger partial charge in [0.1, 0.15) is 5.82 Å². The van der Waals surface area contributed by atoms with Crippen LogP contribution in [0.25, 0.3) is 0 Å². The van der Waals surface area contributed by atoms with Crippen LogP contribution < -0.4 is 26.0 Å². The van der Waals surface area contributed by atoms with Gasteiger partial charge in [0, 0.05) is 23.6 Å². The number of ketones is 1. The molecule has 1 aromatic carbocycles. The minimum Gasteiger partial charge on any atom is -0.454 e. The number of aromatic nitrogens is 2. The van der Waals surface area contributed by atoms with E-state index in [2.05, 4.69) is 15.3 Å². The highest BCUT2D eigenvalue weighted by Crippen LogP contribution is 2.45. The molecule has 26 heavy (non-hydrogen) atoms. The van der Waals surface area contributed by atoms with E-state index in [1.165, 1.54) is 0 Å².